The van der Waals surface area contributed by atoms with Crippen molar-refractivity contribution in [2.45, 2.75) is 26.2 Å². The summed E-state index contributed by atoms with van der Waals surface area (Å²) in [4.78, 5) is 12.2. The van der Waals surface area contributed by atoms with E-state index in [9.17, 15) is 4.79 Å². The van der Waals surface area contributed by atoms with Gasteiger partial charge in [0.2, 0.25) is 6.79 Å². The second-order valence-electron chi connectivity index (χ2n) is 5.46. The van der Waals surface area contributed by atoms with Crippen LogP contribution in [0.5, 0.6) is 11.5 Å². The lowest BCUT2D eigenvalue weighted by atomic mass is 10.2. The molecule has 1 amide bonds. The van der Waals surface area contributed by atoms with Crippen LogP contribution in [-0.4, -0.2) is 29.4 Å². The van der Waals surface area contributed by atoms with Crippen molar-refractivity contribution in [3.05, 3.63) is 36.0 Å². The highest BCUT2D eigenvalue weighted by atomic mass is 16.7. The number of carbonyl (C=O) groups excluding carboxylic acids is 1. The quantitative estimate of drug-likeness (QED) is 0.760. The topological polar surface area (TPSA) is 85.4 Å². The Labute approximate surface area is 140 Å². The molecule has 2 heterocycles. The van der Waals surface area contributed by atoms with Crippen molar-refractivity contribution < 1.29 is 14.3 Å². The molecular weight excluding hydrogens is 308 g/mol. The molecule has 3 rings (SSSR count). The molecule has 7 heteroatoms. The van der Waals surface area contributed by atoms with E-state index < -0.39 is 0 Å². The van der Waals surface area contributed by atoms with Crippen LogP contribution in [0.4, 0.5) is 11.5 Å². The number of hydrogen-bond acceptors (Lipinski definition) is 6. The molecule has 1 aromatic carbocycles. The Kier molecular flexibility index (Phi) is 5.10. The monoisotopic (exact) mass is 328 g/mol. The number of nitrogens with one attached hydrogen (secondary N) is 2. The Morgan fingerprint density at radius 1 is 1.12 bits per heavy atom. The number of fused-ring (bicyclic) bond motifs is 1. The fraction of sp³-hybridized carbons (Fsp3) is 0.353. The summed E-state index contributed by atoms with van der Waals surface area (Å²) in [5.74, 6) is 1.64. The van der Waals surface area contributed by atoms with E-state index in [4.69, 9.17) is 9.47 Å². The van der Waals surface area contributed by atoms with Crippen molar-refractivity contribution in [2.75, 3.05) is 24.0 Å². The molecule has 0 radical (unpaired) electrons. The number of unbranched alkanes of at least 4 members (excludes halogenated alkanes) is 2. The number of ether oxygens (including phenoxy) is 2. The highest BCUT2D eigenvalue weighted by molar-refractivity contribution is 6.02. The van der Waals surface area contributed by atoms with Crippen LogP contribution in [0.1, 0.15) is 36.7 Å². The van der Waals surface area contributed by atoms with Crippen LogP contribution in [0.25, 0.3) is 0 Å². The van der Waals surface area contributed by atoms with E-state index in [1.807, 2.05) is 0 Å². The lowest BCUT2D eigenvalue weighted by Crippen LogP contribution is -2.15. The number of nitrogens with zero attached hydrogens (tertiary/aromatic N) is 2. The van der Waals surface area contributed by atoms with Gasteiger partial charge in [-0.15, -0.1) is 10.2 Å². The molecule has 2 N–H and O–H groups in total. The first kappa shape index (κ1) is 16.0. The van der Waals surface area contributed by atoms with Crippen molar-refractivity contribution in [1.82, 2.24) is 10.2 Å². The van der Waals surface area contributed by atoms with E-state index in [1.54, 1.807) is 30.3 Å². The molecular formula is C17H20N4O3. The molecule has 0 fully saturated rings. The van der Waals surface area contributed by atoms with Gasteiger partial charge < -0.3 is 20.1 Å². The van der Waals surface area contributed by atoms with Gasteiger partial charge in [0.25, 0.3) is 5.91 Å². The maximum atomic E-state index is 12.2. The van der Waals surface area contributed by atoms with Crippen molar-refractivity contribution in [3.63, 3.8) is 0 Å². The maximum absolute atomic E-state index is 12.2. The molecule has 0 bridgehead atoms. The number of hydrogen-bond donors (Lipinski definition) is 2. The van der Waals surface area contributed by atoms with E-state index in [0.717, 1.165) is 13.0 Å². The van der Waals surface area contributed by atoms with Crippen LogP contribution in [0.2, 0.25) is 0 Å². The number of amides is 1. The van der Waals surface area contributed by atoms with Crippen molar-refractivity contribution in [3.8, 4) is 11.5 Å². The first-order valence-electron chi connectivity index (χ1n) is 8.05. The minimum atomic E-state index is -0.320. The standard InChI is InChI=1S/C17H20N4O3/c1-2-3-4-9-18-16-8-6-13(20-21-16)17(22)19-12-5-7-14-15(10-12)24-11-23-14/h5-8,10H,2-4,9,11H2,1H3,(H,18,21)(H,19,22). The predicted octanol–water partition coefficient (Wildman–Crippen LogP) is 3.06. The van der Waals surface area contributed by atoms with Gasteiger partial charge in [0.15, 0.2) is 17.2 Å². The average Bonchev–Trinajstić information content (AvgIpc) is 3.07. The second kappa shape index (κ2) is 7.63. The number of carbonyl (C=O) groups is 1. The molecule has 126 valence electrons. The molecule has 0 saturated heterocycles. The van der Waals surface area contributed by atoms with Crippen molar-refractivity contribution in [1.29, 1.82) is 0 Å². The van der Waals surface area contributed by atoms with Gasteiger partial charge in [-0.3, -0.25) is 4.79 Å². The Hall–Kier alpha value is -2.83. The average molecular weight is 328 g/mol. The predicted molar refractivity (Wildman–Crippen MR) is 90.6 cm³/mol. The highest BCUT2D eigenvalue weighted by Gasteiger charge is 2.15. The summed E-state index contributed by atoms with van der Waals surface area (Å²) in [5.41, 5.74) is 0.875. The molecule has 1 aliphatic rings. The Morgan fingerprint density at radius 2 is 2.00 bits per heavy atom. The van der Waals surface area contributed by atoms with Gasteiger partial charge in [-0.05, 0) is 30.7 Å². The minimum absolute atomic E-state index is 0.199. The van der Waals surface area contributed by atoms with E-state index in [0.29, 0.717) is 23.0 Å². The van der Waals surface area contributed by atoms with Gasteiger partial charge in [-0.1, -0.05) is 19.8 Å². The van der Waals surface area contributed by atoms with Crippen LogP contribution in [0.3, 0.4) is 0 Å². The molecule has 7 nitrogen and oxygen atoms in total. The summed E-state index contributed by atoms with van der Waals surface area (Å²) < 4.78 is 10.5. The molecule has 1 aromatic heterocycles. The van der Waals surface area contributed by atoms with E-state index >= 15 is 0 Å². The number of benzene rings is 1. The van der Waals surface area contributed by atoms with Gasteiger partial charge in [0.05, 0.1) is 0 Å². The van der Waals surface area contributed by atoms with Crippen LogP contribution >= 0.6 is 0 Å². The second-order valence-corrected chi connectivity index (χ2v) is 5.46. The highest BCUT2D eigenvalue weighted by Crippen LogP contribution is 2.34. The normalized spacial score (nSPS) is 12.0. The first-order chi connectivity index (χ1) is 11.8. The zero-order valence-corrected chi connectivity index (χ0v) is 13.5. The summed E-state index contributed by atoms with van der Waals surface area (Å²) in [7, 11) is 0. The van der Waals surface area contributed by atoms with Gasteiger partial charge >= 0.3 is 0 Å². The first-order valence-corrected chi connectivity index (χ1v) is 8.05. The lowest BCUT2D eigenvalue weighted by Gasteiger charge is -2.07. The third-order valence-electron chi connectivity index (χ3n) is 3.61. The smallest absolute Gasteiger partial charge is 0.276 e. The molecule has 0 saturated carbocycles. The largest absolute Gasteiger partial charge is 0.454 e. The Morgan fingerprint density at radius 3 is 2.79 bits per heavy atom. The van der Waals surface area contributed by atoms with Crippen LogP contribution in [-0.2, 0) is 0 Å². The summed E-state index contributed by atoms with van der Waals surface area (Å²) in [6.07, 6.45) is 3.44. The molecule has 1 aliphatic heterocycles. The fourth-order valence-electron chi connectivity index (χ4n) is 2.31. The summed E-state index contributed by atoms with van der Waals surface area (Å²) in [6, 6.07) is 8.64. The molecule has 0 aliphatic carbocycles. The van der Waals surface area contributed by atoms with E-state index in [1.165, 1.54) is 12.8 Å². The zero-order valence-electron chi connectivity index (χ0n) is 13.5. The minimum Gasteiger partial charge on any atom is -0.454 e. The number of aromatic nitrogens is 2. The van der Waals surface area contributed by atoms with E-state index in [-0.39, 0.29) is 18.4 Å². The third kappa shape index (κ3) is 3.92. The van der Waals surface area contributed by atoms with Gasteiger partial charge in [-0.2, -0.15) is 0 Å². The van der Waals surface area contributed by atoms with Gasteiger partial charge in [0.1, 0.15) is 5.82 Å². The fourth-order valence-corrected chi connectivity index (χ4v) is 2.31. The molecule has 0 atom stereocenters. The molecule has 0 unspecified atom stereocenters. The summed E-state index contributed by atoms with van der Waals surface area (Å²) in [6.45, 7) is 3.21. The van der Waals surface area contributed by atoms with Crippen LogP contribution in [0.15, 0.2) is 30.3 Å². The SMILES string of the molecule is CCCCCNc1ccc(C(=O)Nc2ccc3c(c2)OCO3)nn1. The number of anilines is 2. The Balaban J connectivity index is 1.57. The van der Waals surface area contributed by atoms with Crippen LogP contribution < -0.4 is 20.1 Å². The molecule has 24 heavy (non-hydrogen) atoms. The Bertz CT molecular complexity index is 703. The van der Waals surface area contributed by atoms with Crippen molar-refractivity contribution >= 4 is 17.4 Å². The third-order valence-corrected chi connectivity index (χ3v) is 3.61. The lowest BCUT2D eigenvalue weighted by molar-refractivity contribution is 0.102. The number of rotatable bonds is 7. The van der Waals surface area contributed by atoms with Crippen LogP contribution in [0, 0.1) is 0 Å². The molecule has 2 aromatic rings. The van der Waals surface area contributed by atoms with Gasteiger partial charge in [-0.25, -0.2) is 0 Å². The van der Waals surface area contributed by atoms with E-state index in [2.05, 4.69) is 27.8 Å². The maximum Gasteiger partial charge on any atom is 0.276 e. The summed E-state index contributed by atoms with van der Waals surface area (Å²) >= 11 is 0. The zero-order chi connectivity index (χ0) is 16.8. The van der Waals surface area contributed by atoms with Crippen molar-refractivity contribution in [2.24, 2.45) is 0 Å². The van der Waals surface area contributed by atoms with Gasteiger partial charge in [0, 0.05) is 18.3 Å². The molecule has 0 spiro atoms. The summed E-state index contributed by atoms with van der Waals surface area (Å²) in [5, 5.41) is 14.0.